The van der Waals surface area contributed by atoms with Gasteiger partial charge in [0.1, 0.15) is 12.1 Å². The highest BCUT2D eigenvalue weighted by atomic mass is 16.4. The van der Waals surface area contributed by atoms with Crippen molar-refractivity contribution in [2.45, 2.75) is 18.4 Å². The van der Waals surface area contributed by atoms with E-state index in [1.807, 2.05) is 0 Å². The van der Waals surface area contributed by atoms with Gasteiger partial charge in [-0.2, -0.15) is 15.6 Å². The monoisotopic (exact) mass is 166 g/mol. The quantitative estimate of drug-likeness (QED) is 0.596. The molecule has 0 saturated heterocycles. The van der Waals surface area contributed by atoms with Gasteiger partial charge in [-0.3, -0.25) is 4.79 Å². The maximum atomic E-state index is 10.1. The van der Waals surface area contributed by atoms with Gasteiger partial charge < -0.3 is 5.11 Å². The van der Waals surface area contributed by atoms with Crippen LogP contribution in [-0.4, -0.2) is 16.6 Å². The standard InChI is InChI=1S/C6H6N4O2/c7-3-6(4-8,10-9)2-1-5(11)12/h9H,1-2H2,(H,11,12). The molecule has 12 heavy (non-hydrogen) atoms. The summed E-state index contributed by atoms with van der Waals surface area (Å²) < 4.78 is 0. The Balaban J connectivity index is 4.37. The third-order valence-electron chi connectivity index (χ3n) is 1.26. The third-order valence-corrected chi connectivity index (χ3v) is 1.26. The van der Waals surface area contributed by atoms with Gasteiger partial charge in [0.25, 0.3) is 5.54 Å². The molecule has 0 spiro atoms. The Kier molecular flexibility index (Phi) is 3.38. The van der Waals surface area contributed by atoms with E-state index in [1.165, 1.54) is 12.1 Å². The van der Waals surface area contributed by atoms with Crippen LogP contribution in [0.1, 0.15) is 12.8 Å². The van der Waals surface area contributed by atoms with Crippen molar-refractivity contribution in [3.63, 3.8) is 0 Å². The summed E-state index contributed by atoms with van der Waals surface area (Å²) in [6, 6.07) is 2.98. The summed E-state index contributed by atoms with van der Waals surface area (Å²) >= 11 is 0. The zero-order chi connectivity index (χ0) is 9.61. The summed E-state index contributed by atoms with van der Waals surface area (Å²) in [5.41, 5.74) is 4.72. The fraction of sp³-hybridized carbons (Fsp3) is 0.500. The molecule has 0 aromatic carbocycles. The molecular formula is C6H6N4O2. The zero-order valence-electron chi connectivity index (χ0n) is 6.11. The van der Waals surface area contributed by atoms with Crippen LogP contribution in [-0.2, 0) is 4.79 Å². The minimum absolute atomic E-state index is 0.251. The van der Waals surface area contributed by atoms with E-state index in [4.69, 9.17) is 21.2 Å². The Morgan fingerprint density at radius 1 is 1.58 bits per heavy atom. The number of carboxylic acids is 1. The van der Waals surface area contributed by atoms with Gasteiger partial charge in [0.2, 0.25) is 0 Å². The molecular weight excluding hydrogens is 160 g/mol. The third kappa shape index (κ3) is 2.35. The molecule has 0 fully saturated rings. The van der Waals surface area contributed by atoms with E-state index in [2.05, 4.69) is 5.11 Å². The minimum Gasteiger partial charge on any atom is -0.481 e. The lowest BCUT2D eigenvalue weighted by atomic mass is 9.98. The predicted octanol–water partition coefficient (Wildman–Crippen LogP) is 0.668. The number of hydrogen-bond donors (Lipinski definition) is 2. The summed E-state index contributed by atoms with van der Waals surface area (Å²) in [6.45, 7) is 0. The number of nitrogens with zero attached hydrogens (tertiary/aromatic N) is 3. The number of aliphatic carboxylic acids is 1. The largest absolute Gasteiger partial charge is 0.481 e. The summed E-state index contributed by atoms with van der Waals surface area (Å²) in [6.07, 6.45) is -0.595. The number of rotatable bonds is 4. The SMILES string of the molecule is N#CC(C#N)(CCC(=O)O)N=N. The van der Waals surface area contributed by atoms with E-state index in [0.29, 0.717) is 0 Å². The summed E-state index contributed by atoms with van der Waals surface area (Å²) in [5.74, 6) is -1.12. The van der Waals surface area contributed by atoms with Gasteiger partial charge >= 0.3 is 5.97 Å². The van der Waals surface area contributed by atoms with Crippen molar-refractivity contribution in [2.75, 3.05) is 0 Å². The second-order valence-electron chi connectivity index (χ2n) is 2.09. The molecule has 0 atom stereocenters. The molecule has 2 N–H and O–H groups in total. The topological polar surface area (TPSA) is 121 Å². The average molecular weight is 166 g/mol. The molecule has 0 aromatic rings. The van der Waals surface area contributed by atoms with Crippen LogP contribution < -0.4 is 0 Å². The van der Waals surface area contributed by atoms with E-state index in [0.717, 1.165) is 0 Å². The van der Waals surface area contributed by atoms with Gasteiger partial charge in [0.15, 0.2) is 0 Å². The molecule has 0 aliphatic rings. The number of carboxylic acid groups (broad SMARTS) is 1. The maximum Gasteiger partial charge on any atom is 0.303 e. The molecule has 0 saturated carbocycles. The lowest BCUT2D eigenvalue weighted by Crippen LogP contribution is -2.22. The van der Waals surface area contributed by atoms with E-state index in [1.54, 1.807) is 0 Å². The number of hydrogen-bond acceptors (Lipinski definition) is 5. The molecule has 0 rings (SSSR count). The van der Waals surface area contributed by atoms with Crippen molar-refractivity contribution in [3.8, 4) is 12.1 Å². The highest BCUT2D eigenvalue weighted by Gasteiger charge is 2.29. The van der Waals surface area contributed by atoms with Crippen LogP contribution in [0, 0.1) is 28.2 Å². The lowest BCUT2D eigenvalue weighted by molar-refractivity contribution is -0.137. The lowest BCUT2D eigenvalue weighted by Gasteiger charge is -2.07. The summed E-state index contributed by atoms with van der Waals surface area (Å²) in [7, 11) is 0. The van der Waals surface area contributed by atoms with Crippen LogP contribution >= 0.6 is 0 Å². The summed E-state index contributed by atoms with van der Waals surface area (Å²) in [5, 5.41) is 27.9. The van der Waals surface area contributed by atoms with Crippen molar-refractivity contribution >= 4 is 5.97 Å². The Bertz CT molecular complexity index is 258. The van der Waals surface area contributed by atoms with Crippen LogP contribution in [0.25, 0.3) is 0 Å². The van der Waals surface area contributed by atoms with Crippen LogP contribution in [0.3, 0.4) is 0 Å². The van der Waals surface area contributed by atoms with Gasteiger partial charge in [-0.1, -0.05) is 0 Å². The van der Waals surface area contributed by atoms with Crippen LogP contribution in [0.5, 0.6) is 0 Å². The Hall–Kier alpha value is -1.95. The first kappa shape index (κ1) is 10.0. The van der Waals surface area contributed by atoms with Crippen LogP contribution in [0.15, 0.2) is 5.11 Å². The van der Waals surface area contributed by atoms with Gasteiger partial charge in [-0.25, -0.2) is 5.53 Å². The van der Waals surface area contributed by atoms with Crippen molar-refractivity contribution < 1.29 is 9.90 Å². The molecule has 0 aliphatic carbocycles. The first-order chi connectivity index (χ1) is 5.60. The number of nitriles is 2. The highest BCUT2D eigenvalue weighted by molar-refractivity contribution is 5.67. The van der Waals surface area contributed by atoms with Crippen molar-refractivity contribution in [1.82, 2.24) is 0 Å². The zero-order valence-corrected chi connectivity index (χ0v) is 6.11. The van der Waals surface area contributed by atoms with Crippen LogP contribution in [0.2, 0.25) is 0 Å². The molecule has 0 radical (unpaired) electrons. The van der Waals surface area contributed by atoms with Gasteiger partial charge in [-0.05, 0) is 0 Å². The first-order valence-electron chi connectivity index (χ1n) is 3.03. The molecule has 0 heterocycles. The van der Waals surface area contributed by atoms with Gasteiger partial charge in [-0.15, -0.1) is 0 Å². The fourth-order valence-corrected chi connectivity index (χ4v) is 0.531. The Labute approximate surface area is 68.5 Å². The van der Waals surface area contributed by atoms with E-state index in [9.17, 15) is 4.79 Å². The minimum atomic E-state index is -1.82. The van der Waals surface area contributed by atoms with E-state index < -0.39 is 11.5 Å². The fourth-order valence-electron chi connectivity index (χ4n) is 0.531. The second kappa shape index (κ2) is 4.04. The van der Waals surface area contributed by atoms with Crippen molar-refractivity contribution in [1.29, 1.82) is 16.1 Å². The highest BCUT2D eigenvalue weighted by Crippen LogP contribution is 2.15. The van der Waals surface area contributed by atoms with E-state index >= 15 is 0 Å². The molecule has 62 valence electrons. The maximum absolute atomic E-state index is 10.1. The Morgan fingerprint density at radius 2 is 2.08 bits per heavy atom. The molecule has 0 aromatic heterocycles. The molecule has 6 nitrogen and oxygen atoms in total. The smallest absolute Gasteiger partial charge is 0.303 e. The van der Waals surface area contributed by atoms with Gasteiger partial charge in [0.05, 0.1) is 0 Å². The molecule has 0 amide bonds. The molecule has 0 unspecified atom stereocenters. The van der Waals surface area contributed by atoms with Crippen LogP contribution in [0.4, 0.5) is 0 Å². The molecule has 0 bridgehead atoms. The van der Waals surface area contributed by atoms with Crippen molar-refractivity contribution in [3.05, 3.63) is 0 Å². The first-order valence-corrected chi connectivity index (χ1v) is 3.03. The number of carbonyl (C=O) groups is 1. The molecule has 6 heteroatoms. The van der Waals surface area contributed by atoms with E-state index in [-0.39, 0.29) is 12.8 Å². The average Bonchev–Trinajstić information content (AvgIpc) is 2.08. The number of nitrogens with one attached hydrogen (secondary N) is 1. The second-order valence-corrected chi connectivity index (χ2v) is 2.09. The molecule has 0 aliphatic heterocycles. The Morgan fingerprint density at radius 3 is 2.33 bits per heavy atom. The predicted molar refractivity (Wildman–Crippen MR) is 36.0 cm³/mol. The van der Waals surface area contributed by atoms with Gasteiger partial charge in [0, 0.05) is 12.8 Å². The van der Waals surface area contributed by atoms with Crippen molar-refractivity contribution in [2.24, 2.45) is 5.11 Å². The summed E-state index contributed by atoms with van der Waals surface area (Å²) in [4.78, 5) is 10.1. The normalized spacial score (nSPS) is 9.50.